The maximum absolute atomic E-state index is 12.9. The summed E-state index contributed by atoms with van der Waals surface area (Å²) in [4.78, 5) is 12.1. The lowest BCUT2D eigenvalue weighted by atomic mass is 10.2. The van der Waals surface area contributed by atoms with Gasteiger partial charge in [-0.3, -0.25) is 4.79 Å². The summed E-state index contributed by atoms with van der Waals surface area (Å²) in [5.41, 5.74) is 1.25. The first kappa shape index (κ1) is 16.0. The van der Waals surface area contributed by atoms with Gasteiger partial charge in [0.1, 0.15) is 18.2 Å². The Morgan fingerprint density at radius 3 is 2.59 bits per heavy atom. The van der Waals surface area contributed by atoms with Crippen LogP contribution in [0, 0.1) is 5.82 Å². The van der Waals surface area contributed by atoms with Gasteiger partial charge >= 0.3 is 0 Å². The second kappa shape index (κ2) is 8.14. The Kier molecular flexibility index (Phi) is 5.91. The smallest absolute Gasteiger partial charge is 0.255 e. The predicted molar refractivity (Wildman–Crippen MR) is 81.2 cm³/mol. The minimum atomic E-state index is -0.299. The van der Waals surface area contributed by atoms with Gasteiger partial charge in [-0.25, -0.2) is 4.39 Å². The molecule has 0 unspecified atom stereocenters. The van der Waals surface area contributed by atoms with Gasteiger partial charge in [0, 0.05) is 13.2 Å². The molecule has 1 amide bonds. The number of ether oxygens (including phenoxy) is 1. The summed E-state index contributed by atoms with van der Waals surface area (Å²) < 4.78 is 18.5. The molecule has 2 aromatic carbocycles. The van der Waals surface area contributed by atoms with Crippen molar-refractivity contribution in [3.05, 3.63) is 65.5 Å². The average molecular weight is 303 g/mol. The van der Waals surface area contributed by atoms with Crippen molar-refractivity contribution < 1.29 is 19.0 Å². The molecular weight excluding hydrogens is 285 g/mol. The van der Waals surface area contributed by atoms with Crippen molar-refractivity contribution >= 4 is 5.91 Å². The number of aliphatic hydroxyl groups is 1. The van der Waals surface area contributed by atoms with Gasteiger partial charge in [-0.15, -0.1) is 0 Å². The first-order valence-corrected chi connectivity index (χ1v) is 7.06. The molecule has 0 bridgehead atoms. The molecule has 0 aromatic heterocycles. The number of nitrogens with one attached hydrogen (secondary N) is 1. The van der Waals surface area contributed by atoms with E-state index in [2.05, 4.69) is 5.32 Å². The number of hydrogen-bond acceptors (Lipinski definition) is 3. The summed E-state index contributed by atoms with van der Waals surface area (Å²) in [7, 11) is 0. The summed E-state index contributed by atoms with van der Waals surface area (Å²) in [6.07, 6.45) is 0.504. The topological polar surface area (TPSA) is 58.6 Å². The molecule has 22 heavy (non-hydrogen) atoms. The standard InChI is InChI=1S/C17H18FNO3/c18-14-8-6-13(7-9-14)12-22-16-5-2-1-4-15(16)17(21)19-10-3-11-20/h1-2,4-9,20H,3,10-12H2,(H,19,21). The van der Waals surface area contributed by atoms with Crippen LogP contribution in [0.4, 0.5) is 4.39 Å². The van der Waals surface area contributed by atoms with Gasteiger partial charge in [-0.1, -0.05) is 24.3 Å². The Morgan fingerprint density at radius 2 is 1.86 bits per heavy atom. The third kappa shape index (κ3) is 4.56. The van der Waals surface area contributed by atoms with Crippen molar-refractivity contribution in [1.29, 1.82) is 0 Å². The van der Waals surface area contributed by atoms with E-state index in [1.165, 1.54) is 12.1 Å². The lowest BCUT2D eigenvalue weighted by Crippen LogP contribution is -2.25. The molecule has 5 heteroatoms. The minimum absolute atomic E-state index is 0.0307. The molecule has 0 radical (unpaired) electrons. The van der Waals surface area contributed by atoms with Crippen molar-refractivity contribution in [3.8, 4) is 5.75 Å². The Hall–Kier alpha value is -2.40. The molecule has 0 spiro atoms. The lowest BCUT2D eigenvalue weighted by molar-refractivity contribution is 0.0946. The van der Waals surface area contributed by atoms with Crippen LogP contribution in [0.2, 0.25) is 0 Å². The Labute approximate surface area is 128 Å². The highest BCUT2D eigenvalue weighted by Gasteiger charge is 2.11. The Bertz CT molecular complexity index is 614. The highest BCUT2D eigenvalue weighted by molar-refractivity contribution is 5.96. The van der Waals surface area contributed by atoms with E-state index in [4.69, 9.17) is 9.84 Å². The number of aliphatic hydroxyl groups excluding tert-OH is 1. The molecule has 0 aliphatic rings. The quantitative estimate of drug-likeness (QED) is 0.773. The number of carbonyl (C=O) groups excluding carboxylic acids is 1. The summed E-state index contributed by atoms with van der Waals surface area (Å²) in [5.74, 6) is -0.0797. The average Bonchev–Trinajstić information content (AvgIpc) is 2.55. The number of halogens is 1. The van der Waals surface area contributed by atoms with Gasteiger partial charge in [0.15, 0.2) is 0 Å². The number of amides is 1. The predicted octanol–water partition coefficient (Wildman–Crippen LogP) is 2.52. The normalized spacial score (nSPS) is 10.3. The van der Waals surface area contributed by atoms with E-state index in [1.807, 2.05) is 0 Å². The van der Waals surface area contributed by atoms with Crippen molar-refractivity contribution in [1.82, 2.24) is 5.32 Å². The number of rotatable bonds is 7. The molecule has 116 valence electrons. The van der Waals surface area contributed by atoms with Crippen LogP contribution in [0.25, 0.3) is 0 Å². The van der Waals surface area contributed by atoms with Crippen molar-refractivity contribution in [2.75, 3.05) is 13.2 Å². The summed E-state index contributed by atoms with van der Waals surface area (Å²) in [5, 5.41) is 11.4. The van der Waals surface area contributed by atoms with E-state index >= 15 is 0 Å². The highest BCUT2D eigenvalue weighted by atomic mass is 19.1. The molecule has 0 atom stereocenters. The number of hydrogen-bond donors (Lipinski definition) is 2. The minimum Gasteiger partial charge on any atom is -0.488 e. The fourth-order valence-corrected chi connectivity index (χ4v) is 1.90. The fraction of sp³-hybridized carbons (Fsp3) is 0.235. The fourth-order valence-electron chi connectivity index (χ4n) is 1.90. The van der Waals surface area contributed by atoms with E-state index in [0.29, 0.717) is 24.3 Å². The first-order valence-electron chi connectivity index (χ1n) is 7.06. The molecule has 2 rings (SSSR count). The van der Waals surface area contributed by atoms with Gasteiger partial charge in [0.2, 0.25) is 0 Å². The maximum atomic E-state index is 12.9. The van der Waals surface area contributed by atoms with Crippen molar-refractivity contribution in [2.45, 2.75) is 13.0 Å². The maximum Gasteiger partial charge on any atom is 0.255 e. The first-order chi connectivity index (χ1) is 10.7. The summed E-state index contributed by atoms with van der Waals surface area (Å²) >= 11 is 0. The third-order valence-electron chi connectivity index (χ3n) is 3.06. The van der Waals surface area contributed by atoms with Crippen molar-refractivity contribution in [3.63, 3.8) is 0 Å². The zero-order valence-corrected chi connectivity index (χ0v) is 12.1. The largest absolute Gasteiger partial charge is 0.488 e. The van der Waals surface area contributed by atoms with Gasteiger partial charge in [-0.05, 0) is 36.2 Å². The summed E-state index contributed by atoms with van der Waals surface area (Å²) in [6.45, 7) is 0.686. The summed E-state index contributed by atoms with van der Waals surface area (Å²) in [6, 6.07) is 12.9. The molecule has 2 N–H and O–H groups in total. The van der Waals surface area contributed by atoms with E-state index in [9.17, 15) is 9.18 Å². The molecule has 4 nitrogen and oxygen atoms in total. The van der Waals surface area contributed by atoms with Gasteiger partial charge in [0.25, 0.3) is 5.91 Å². The Balaban J connectivity index is 2.01. The molecule has 0 heterocycles. The molecule has 0 saturated carbocycles. The zero-order chi connectivity index (χ0) is 15.8. The molecular formula is C17H18FNO3. The monoisotopic (exact) mass is 303 g/mol. The molecule has 2 aromatic rings. The van der Waals surface area contributed by atoms with Crippen LogP contribution >= 0.6 is 0 Å². The number of benzene rings is 2. The van der Waals surface area contributed by atoms with Crippen LogP contribution < -0.4 is 10.1 Å². The highest BCUT2D eigenvalue weighted by Crippen LogP contribution is 2.19. The van der Waals surface area contributed by atoms with E-state index in [1.54, 1.807) is 36.4 Å². The van der Waals surface area contributed by atoms with E-state index < -0.39 is 0 Å². The molecule has 0 aliphatic carbocycles. The number of carbonyl (C=O) groups is 1. The van der Waals surface area contributed by atoms with Crippen LogP contribution in [0.15, 0.2) is 48.5 Å². The molecule has 0 aliphatic heterocycles. The zero-order valence-electron chi connectivity index (χ0n) is 12.1. The van der Waals surface area contributed by atoms with E-state index in [0.717, 1.165) is 5.56 Å². The third-order valence-corrected chi connectivity index (χ3v) is 3.06. The van der Waals surface area contributed by atoms with E-state index in [-0.39, 0.29) is 24.9 Å². The second-order valence-corrected chi connectivity index (χ2v) is 4.74. The van der Waals surface area contributed by atoms with Gasteiger partial charge < -0.3 is 15.2 Å². The number of para-hydroxylation sites is 1. The molecule has 0 fully saturated rings. The van der Waals surface area contributed by atoms with Crippen LogP contribution in [0.3, 0.4) is 0 Å². The van der Waals surface area contributed by atoms with Crippen LogP contribution in [-0.2, 0) is 6.61 Å². The van der Waals surface area contributed by atoms with Crippen LogP contribution in [-0.4, -0.2) is 24.2 Å². The van der Waals surface area contributed by atoms with Gasteiger partial charge in [-0.2, -0.15) is 0 Å². The SMILES string of the molecule is O=C(NCCCO)c1ccccc1OCc1ccc(F)cc1. The van der Waals surface area contributed by atoms with Gasteiger partial charge in [0.05, 0.1) is 5.56 Å². The van der Waals surface area contributed by atoms with Crippen LogP contribution in [0.5, 0.6) is 5.75 Å². The van der Waals surface area contributed by atoms with Crippen molar-refractivity contribution in [2.24, 2.45) is 0 Å². The molecule has 0 saturated heterocycles. The van der Waals surface area contributed by atoms with Crippen LogP contribution in [0.1, 0.15) is 22.3 Å². The Morgan fingerprint density at radius 1 is 1.14 bits per heavy atom. The lowest BCUT2D eigenvalue weighted by Gasteiger charge is -2.11. The second-order valence-electron chi connectivity index (χ2n) is 4.74.